The summed E-state index contributed by atoms with van der Waals surface area (Å²) < 4.78 is 20.5. The molecular formula is C26H28FN5O3. The van der Waals surface area contributed by atoms with Crippen LogP contribution in [0.2, 0.25) is 0 Å². The number of aromatic nitrogens is 2. The average Bonchev–Trinajstić information content (AvgIpc) is 2.90. The molecular weight excluding hydrogens is 449 g/mol. The molecule has 5 rings (SSSR count). The Kier molecular flexibility index (Phi) is 6.87. The van der Waals surface area contributed by atoms with E-state index in [1.54, 1.807) is 42.5 Å². The molecule has 2 aliphatic rings. The van der Waals surface area contributed by atoms with Crippen molar-refractivity contribution >= 4 is 17.4 Å². The summed E-state index contributed by atoms with van der Waals surface area (Å²) in [6.45, 7) is 4.03. The molecule has 2 aliphatic heterocycles. The maximum atomic E-state index is 15.1. The first-order chi connectivity index (χ1) is 17.1. The lowest BCUT2D eigenvalue weighted by molar-refractivity contribution is -0.120. The Balaban J connectivity index is 1.51. The van der Waals surface area contributed by atoms with Crippen molar-refractivity contribution < 1.29 is 19.0 Å². The monoisotopic (exact) mass is 477 g/mol. The third-order valence-corrected chi connectivity index (χ3v) is 6.33. The molecule has 0 saturated carbocycles. The molecule has 3 N–H and O–H groups in total. The highest BCUT2D eigenvalue weighted by molar-refractivity contribution is 5.93. The minimum absolute atomic E-state index is 0.0769. The molecule has 182 valence electrons. The maximum absolute atomic E-state index is 15.1. The molecule has 0 spiro atoms. The zero-order chi connectivity index (χ0) is 24.2. The van der Waals surface area contributed by atoms with E-state index in [-0.39, 0.29) is 23.1 Å². The van der Waals surface area contributed by atoms with Crippen molar-refractivity contribution in [2.24, 2.45) is 5.92 Å². The number of hydrogen-bond donors (Lipinski definition) is 3. The van der Waals surface area contributed by atoms with Gasteiger partial charge in [0.2, 0.25) is 5.91 Å². The van der Waals surface area contributed by atoms with Gasteiger partial charge in [-0.3, -0.25) is 4.79 Å². The van der Waals surface area contributed by atoms with Crippen LogP contribution in [0.4, 0.5) is 15.9 Å². The number of carbonyl (C=O) groups is 1. The van der Waals surface area contributed by atoms with Gasteiger partial charge in [0.1, 0.15) is 17.4 Å². The van der Waals surface area contributed by atoms with Gasteiger partial charge in [0.05, 0.1) is 24.8 Å². The van der Waals surface area contributed by atoms with Gasteiger partial charge < -0.3 is 25.4 Å². The number of nitrogens with one attached hydrogen (secondary N) is 2. The van der Waals surface area contributed by atoms with Gasteiger partial charge in [-0.05, 0) is 49.7 Å². The van der Waals surface area contributed by atoms with Crippen molar-refractivity contribution in [3.05, 3.63) is 54.3 Å². The number of phenols is 1. The second kappa shape index (κ2) is 10.4. The summed E-state index contributed by atoms with van der Waals surface area (Å²) in [6, 6.07) is 12.9. The topological polar surface area (TPSA) is 99.6 Å². The molecule has 0 bridgehead atoms. The number of piperidine rings is 1. The minimum Gasteiger partial charge on any atom is -0.508 e. The molecule has 1 amide bonds. The number of hydrogen-bond acceptors (Lipinski definition) is 7. The molecule has 0 radical (unpaired) electrons. The van der Waals surface area contributed by atoms with Gasteiger partial charge in [-0.15, -0.1) is 0 Å². The van der Waals surface area contributed by atoms with E-state index >= 15 is 4.39 Å². The molecule has 2 aromatic carbocycles. The summed E-state index contributed by atoms with van der Waals surface area (Å²) in [5, 5.41) is 16.1. The number of aromatic hydroxyl groups is 1. The van der Waals surface area contributed by atoms with Crippen LogP contribution in [0.3, 0.4) is 0 Å². The van der Waals surface area contributed by atoms with E-state index in [0.717, 1.165) is 19.4 Å². The molecule has 1 atom stereocenters. The first-order valence-electron chi connectivity index (χ1n) is 11.9. The number of rotatable bonds is 5. The van der Waals surface area contributed by atoms with E-state index in [1.165, 1.54) is 6.07 Å². The van der Waals surface area contributed by atoms with E-state index in [0.29, 0.717) is 61.4 Å². The van der Waals surface area contributed by atoms with Gasteiger partial charge in [-0.2, -0.15) is 0 Å². The fraction of sp³-hybridized carbons (Fsp3) is 0.346. The fourth-order valence-corrected chi connectivity index (χ4v) is 4.42. The standard InChI is InChI=1S/C26H28FN5O3/c27-22-7-6-19(29-26(34)18-4-2-8-28-16-18)14-21(22)23-15-24(32-9-11-35-12-10-32)31-25(30-23)17-3-1-5-20(33)13-17/h1,3,5-7,13-15,18,28,33H,2,4,8-12,16H2,(H,29,34). The van der Waals surface area contributed by atoms with Crippen molar-refractivity contribution in [2.45, 2.75) is 12.8 Å². The Morgan fingerprint density at radius 1 is 1.14 bits per heavy atom. The van der Waals surface area contributed by atoms with E-state index in [1.807, 2.05) is 0 Å². The zero-order valence-corrected chi connectivity index (χ0v) is 19.3. The Morgan fingerprint density at radius 2 is 2.00 bits per heavy atom. The molecule has 2 saturated heterocycles. The van der Waals surface area contributed by atoms with Crippen LogP contribution in [0.5, 0.6) is 5.75 Å². The minimum atomic E-state index is -0.448. The summed E-state index contributed by atoms with van der Waals surface area (Å²) in [4.78, 5) is 24.1. The van der Waals surface area contributed by atoms with Gasteiger partial charge in [-0.1, -0.05) is 12.1 Å². The number of carbonyl (C=O) groups excluding carboxylic acids is 1. The maximum Gasteiger partial charge on any atom is 0.228 e. The molecule has 1 unspecified atom stereocenters. The zero-order valence-electron chi connectivity index (χ0n) is 19.3. The summed E-state index contributed by atoms with van der Waals surface area (Å²) >= 11 is 0. The number of anilines is 2. The summed E-state index contributed by atoms with van der Waals surface area (Å²) in [7, 11) is 0. The van der Waals surface area contributed by atoms with Gasteiger partial charge in [0.15, 0.2) is 5.82 Å². The normalized spacial score (nSPS) is 18.3. The molecule has 9 heteroatoms. The Bertz CT molecular complexity index is 1210. The van der Waals surface area contributed by atoms with Crippen LogP contribution in [-0.4, -0.2) is 60.4 Å². The number of halogens is 1. The fourth-order valence-electron chi connectivity index (χ4n) is 4.42. The molecule has 3 heterocycles. The Labute approximate surface area is 203 Å². The predicted molar refractivity (Wildman–Crippen MR) is 132 cm³/mol. The quantitative estimate of drug-likeness (QED) is 0.518. The van der Waals surface area contributed by atoms with Crippen molar-refractivity contribution in [3.63, 3.8) is 0 Å². The van der Waals surface area contributed by atoms with Crippen LogP contribution in [0.25, 0.3) is 22.6 Å². The van der Waals surface area contributed by atoms with Crippen LogP contribution < -0.4 is 15.5 Å². The van der Waals surface area contributed by atoms with Crippen LogP contribution in [0.1, 0.15) is 12.8 Å². The lowest BCUT2D eigenvalue weighted by atomic mass is 9.98. The molecule has 0 aliphatic carbocycles. The Morgan fingerprint density at radius 3 is 2.77 bits per heavy atom. The van der Waals surface area contributed by atoms with E-state index < -0.39 is 5.82 Å². The molecule has 3 aromatic rings. The van der Waals surface area contributed by atoms with Gasteiger partial charge in [0, 0.05) is 42.5 Å². The van der Waals surface area contributed by atoms with Crippen LogP contribution in [0.15, 0.2) is 48.5 Å². The van der Waals surface area contributed by atoms with Crippen molar-refractivity contribution in [3.8, 4) is 28.4 Å². The Hall–Kier alpha value is -3.56. The smallest absolute Gasteiger partial charge is 0.228 e. The SMILES string of the molecule is O=C(Nc1ccc(F)c(-c2cc(N3CCOCC3)nc(-c3cccc(O)c3)n2)c1)C1CCCNC1. The van der Waals surface area contributed by atoms with Gasteiger partial charge >= 0.3 is 0 Å². The lowest BCUT2D eigenvalue weighted by Gasteiger charge is -2.28. The first kappa shape index (κ1) is 23.2. The van der Waals surface area contributed by atoms with Crippen molar-refractivity contribution in [1.82, 2.24) is 15.3 Å². The van der Waals surface area contributed by atoms with Crippen molar-refractivity contribution in [2.75, 3.05) is 49.6 Å². The molecule has 35 heavy (non-hydrogen) atoms. The number of phenolic OH excluding ortho intramolecular Hbond substituents is 1. The second-order valence-electron chi connectivity index (χ2n) is 8.81. The van der Waals surface area contributed by atoms with Gasteiger partial charge in [-0.25, -0.2) is 14.4 Å². The summed E-state index contributed by atoms with van der Waals surface area (Å²) in [6.07, 6.45) is 1.78. The lowest BCUT2D eigenvalue weighted by Crippen LogP contribution is -2.37. The highest BCUT2D eigenvalue weighted by Crippen LogP contribution is 2.31. The summed E-state index contributed by atoms with van der Waals surface area (Å²) in [5.74, 6) is 0.489. The molecule has 1 aromatic heterocycles. The second-order valence-corrected chi connectivity index (χ2v) is 8.81. The predicted octanol–water partition coefficient (Wildman–Crippen LogP) is 3.43. The van der Waals surface area contributed by atoms with Crippen LogP contribution >= 0.6 is 0 Å². The summed E-state index contributed by atoms with van der Waals surface area (Å²) in [5.41, 5.74) is 1.80. The first-order valence-corrected chi connectivity index (χ1v) is 11.9. The highest BCUT2D eigenvalue weighted by atomic mass is 19.1. The number of amides is 1. The number of ether oxygens (including phenoxy) is 1. The van der Waals surface area contributed by atoms with Crippen LogP contribution in [-0.2, 0) is 9.53 Å². The third kappa shape index (κ3) is 5.41. The largest absolute Gasteiger partial charge is 0.508 e. The van der Waals surface area contributed by atoms with E-state index in [9.17, 15) is 9.90 Å². The van der Waals surface area contributed by atoms with Crippen molar-refractivity contribution in [1.29, 1.82) is 0 Å². The molecule has 8 nitrogen and oxygen atoms in total. The average molecular weight is 478 g/mol. The number of nitrogens with zero attached hydrogens (tertiary/aromatic N) is 3. The van der Waals surface area contributed by atoms with E-state index in [2.05, 4.69) is 20.5 Å². The van der Waals surface area contributed by atoms with Gasteiger partial charge in [0.25, 0.3) is 0 Å². The third-order valence-electron chi connectivity index (χ3n) is 6.33. The molecule has 2 fully saturated rings. The highest BCUT2D eigenvalue weighted by Gasteiger charge is 2.22. The number of benzene rings is 2. The van der Waals surface area contributed by atoms with Crippen LogP contribution in [0, 0.1) is 11.7 Å². The number of morpholine rings is 1. The van der Waals surface area contributed by atoms with E-state index in [4.69, 9.17) is 9.72 Å².